The Morgan fingerprint density at radius 2 is 2.16 bits per heavy atom. The monoisotopic (exact) mass is 436 g/mol. The summed E-state index contributed by atoms with van der Waals surface area (Å²) in [5, 5.41) is 17.9. The average molecular weight is 437 g/mol. The molecule has 31 heavy (non-hydrogen) atoms. The number of aromatic nitrogens is 1. The molecule has 1 saturated heterocycles. The second kappa shape index (κ2) is 9.97. The Balaban J connectivity index is 1.59. The molecule has 7 heteroatoms. The summed E-state index contributed by atoms with van der Waals surface area (Å²) in [6.45, 7) is 2.89. The maximum Gasteiger partial charge on any atom is 0.137 e. The van der Waals surface area contributed by atoms with Gasteiger partial charge in [0.25, 0.3) is 0 Å². The van der Waals surface area contributed by atoms with Gasteiger partial charge in [0.15, 0.2) is 0 Å². The van der Waals surface area contributed by atoms with Gasteiger partial charge in [-0.1, -0.05) is 17.7 Å². The number of hydrogen-bond acceptors (Lipinski definition) is 6. The number of nitrogens with one attached hydrogen (secondary N) is 2. The van der Waals surface area contributed by atoms with Gasteiger partial charge in [-0.25, -0.2) is 0 Å². The largest absolute Gasteiger partial charge is 0.495 e. The van der Waals surface area contributed by atoms with Gasteiger partial charge in [-0.05, 0) is 48.7 Å². The average Bonchev–Trinajstić information content (AvgIpc) is 3.31. The zero-order chi connectivity index (χ0) is 21.6. The summed E-state index contributed by atoms with van der Waals surface area (Å²) >= 11 is 6.29. The lowest BCUT2D eigenvalue weighted by molar-refractivity contribution is 0.110. The maximum absolute atomic E-state index is 9.36. The number of rotatable bonds is 8. The van der Waals surface area contributed by atoms with Gasteiger partial charge in [-0.2, -0.15) is 5.26 Å². The molecule has 1 fully saturated rings. The maximum atomic E-state index is 9.36. The van der Waals surface area contributed by atoms with E-state index < -0.39 is 0 Å². The van der Waals surface area contributed by atoms with Crippen LogP contribution in [0.5, 0.6) is 5.75 Å². The fraction of sp³-hybridized carbons (Fsp3) is 0.333. The summed E-state index contributed by atoms with van der Waals surface area (Å²) in [6, 6.07) is 13.5. The number of hydrogen-bond donors (Lipinski definition) is 2. The molecular weight excluding hydrogens is 412 g/mol. The normalized spacial score (nSPS) is 15.7. The van der Waals surface area contributed by atoms with Crippen molar-refractivity contribution in [3.63, 3.8) is 0 Å². The third-order valence-electron chi connectivity index (χ3n) is 5.47. The van der Waals surface area contributed by atoms with Crippen LogP contribution in [-0.4, -0.2) is 31.3 Å². The van der Waals surface area contributed by atoms with E-state index in [1.807, 2.05) is 36.5 Å². The molecule has 1 aliphatic rings. The van der Waals surface area contributed by atoms with Crippen molar-refractivity contribution in [2.24, 2.45) is 0 Å². The molecule has 0 amide bonds. The minimum atomic E-state index is 0.274. The Kier molecular flexibility index (Phi) is 6.88. The highest BCUT2D eigenvalue weighted by molar-refractivity contribution is 6.32. The SMILES string of the molecule is COc1ccc(CNc2c(CNC[C@H]3CCCO3)cnc3ccc(C#N)cc23)cc1Cl. The van der Waals surface area contributed by atoms with E-state index in [2.05, 4.69) is 21.7 Å². The third kappa shape index (κ3) is 5.08. The van der Waals surface area contributed by atoms with Crippen LogP contribution >= 0.6 is 11.6 Å². The number of fused-ring (bicyclic) bond motifs is 1. The van der Waals surface area contributed by atoms with Crippen molar-refractivity contribution >= 4 is 28.2 Å². The van der Waals surface area contributed by atoms with Crippen LogP contribution in [0.2, 0.25) is 5.02 Å². The van der Waals surface area contributed by atoms with Crippen molar-refractivity contribution in [2.75, 3.05) is 25.6 Å². The fourth-order valence-corrected chi connectivity index (χ4v) is 4.11. The molecule has 0 radical (unpaired) electrons. The molecule has 3 aromatic rings. The van der Waals surface area contributed by atoms with Crippen LogP contribution in [-0.2, 0) is 17.8 Å². The zero-order valence-electron chi connectivity index (χ0n) is 17.5. The van der Waals surface area contributed by atoms with Gasteiger partial charge in [0, 0.05) is 49.1 Å². The van der Waals surface area contributed by atoms with Crippen LogP contribution in [0.3, 0.4) is 0 Å². The summed E-state index contributed by atoms with van der Waals surface area (Å²) in [6.07, 6.45) is 4.38. The second-order valence-corrected chi connectivity index (χ2v) is 8.00. The van der Waals surface area contributed by atoms with E-state index in [1.165, 1.54) is 0 Å². The molecule has 1 aromatic heterocycles. The molecule has 6 nitrogen and oxygen atoms in total. The Morgan fingerprint density at radius 3 is 2.90 bits per heavy atom. The number of anilines is 1. The first kappa shape index (κ1) is 21.4. The van der Waals surface area contributed by atoms with Crippen LogP contribution in [0.1, 0.15) is 29.5 Å². The van der Waals surface area contributed by atoms with Crippen molar-refractivity contribution in [2.45, 2.75) is 32.0 Å². The van der Waals surface area contributed by atoms with Crippen molar-refractivity contribution < 1.29 is 9.47 Å². The van der Waals surface area contributed by atoms with Crippen LogP contribution in [0, 0.1) is 11.3 Å². The molecule has 4 rings (SSSR count). The Labute approximate surface area is 187 Å². The highest BCUT2D eigenvalue weighted by Crippen LogP contribution is 2.29. The molecule has 0 aliphatic carbocycles. The first-order chi connectivity index (χ1) is 15.2. The topological polar surface area (TPSA) is 79.2 Å². The van der Waals surface area contributed by atoms with E-state index in [0.717, 1.165) is 53.7 Å². The van der Waals surface area contributed by atoms with Crippen LogP contribution < -0.4 is 15.4 Å². The summed E-state index contributed by atoms with van der Waals surface area (Å²) in [5.74, 6) is 0.650. The van der Waals surface area contributed by atoms with Gasteiger partial charge in [0.1, 0.15) is 5.75 Å². The Morgan fingerprint density at radius 1 is 1.26 bits per heavy atom. The molecule has 2 aromatic carbocycles. The third-order valence-corrected chi connectivity index (χ3v) is 5.77. The number of pyridine rings is 1. The summed E-state index contributed by atoms with van der Waals surface area (Å²) in [5.41, 5.74) is 4.49. The van der Waals surface area contributed by atoms with E-state index in [9.17, 15) is 5.26 Å². The first-order valence-electron chi connectivity index (χ1n) is 10.4. The fourth-order valence-electron chi connectivity index (χ4n) is 3.83. The lowest BCUT2D eigenvalue weighted by Crippen LogP contribution is -2.26. The van der Waals surface area contributed by atoms with Gasteiger partial charge in [-0.3, -0.25) is 4.98 Å². The molecule has 160 valence electrons. The number of nitriles is 1. The summed E-state index contributed by atoms with van der Waals surface area (Å²) < 4.78 is 10.9. The molecule has 1 aliphatic heterocycles. The molecule has 0 bridgehead atoms. The van der Waals surface area contributed by atoms with Crippen molar-refractivity contribution in [1.29, 1.82) is 5.26 Å². The minimum absolute atomic E-state index is 0.274. The molecule has 2 N–H and O–H groups in total. The number of halogens is 1. The van der Waals surface area contributed by atoms with E-state index in [-0.39, 0.29) is 6.10 Å². The molecule has 0 saturated carbocycles. The lowest BCUT2D eigenvalue weighted by atomic mass is 10.1. The van der Waals surface area contributed by atoms with Crippen molar-refractivity contribution in [3.05, 3.63) is 64.3 Å². The molecular formula is C24H25ClN4O2. The van der Waals surface area contributed by atoms with Gasteiger partial charge in [0.05, 0.1) is 35.4 Å². The zero-order valence-corrected chi connectivity index (χ0v) is 18.2. The number of benzene rings is 2. The van der Waals surface area contributed by atoms with Gasteiger partial charge in [0.2, 0.25) is 0 Å². The summed E-state index contributed by atoms with van der Waals surface area (Å²) in [7, 11) is 1.60. The lowest BCUT2D eigenvalue weighted by Gasteiger charge is -2.17. The van der Waals surface area contributed by atoms with E-state index in [1.54, 1.807) is 13.2 Å². The van der Waals surface area contributed by atoms with Gasteiger partial charge in [-0.15, -0.1) is 0 Å². The van der Waals surface area contributed by atoms with Crippen LogP contribution in [0.15, 0.2) is 42.6 Å². The van der Waals surface area contributed by atoms with Gasteiger partial charge >= 0.3 is 0 Å². The molecule has 1 atom stereocenters. The summed E-state index contributed by atoms with van der Waals surface area (Å²) in [4.78, 5) is 4.60. The molecule has 2 heterocycles. The highest BCUT2D eigenvalue weighted by atomic mass is 35.5. The van der Waals surface area contributed by atoms with E-state index in [0.29, 0.717) is 29.4 Å². The Hall–Kier alpha value is -2.85. The van der Waals surface area contributed by atoms with Gasteiger partial charge < -0.3 is 20.1 Å². The predicted molar refractivity (Wildman–Crippen MR) is 122 cm³/mol. The smallest absolute Gasteiger partial charge is 0.137 e. The standard InChI is InChI=1S/C24H25ClN4O2/c1-30-23-7-5-17(10-21(23)25)12-29-24-18(13-27-15-19-3-2-8-31-19)14-28-22-6-4-16(11-26)9-20(22)24/h4-7,9-10,14,19,27H,2-3,8,12-13,15H2,1H3,(H,28,29)/t19-/m1/s1. The van der Waals surface area contributed by atoms with Crippen molar-refractivity contribution in [1.82, 2.24) is 10.3 Å². The number of methoxy groups -OCH3 is 1. The number of nitrogens with zero attached hydrogens (tertiary/aromatic N) is 2. The van der Waals surface area contributed by atoms with Crippen LogP contribution in [0.25, 0.3) is 10.9 Å². The van der Waals surface area contributed by atoms with Crippen LogP contribution in [0.4, 0.5) is 5.69 Å². The van der Waals surface area contributed by atoms with Crippen molar-refractivity contribution in [3.8, 4) is 11.8 Å². The molecule has 0 unspecified atom stereocenters. The predicted octanol–water partition coefficient (Wildman–Crippen LogP) is 4.65. The van der Waals surface area contributed by atoms with E-state index >= 15 is 0 Å². The molecule has 0 spiro atoms. The quantitative estimate of drug-likeness (QED) is 0.535. The minimum Gasteiger partial charge on any atom is -0.495 e. The first-order valence-corrected chi connectivity index (χ1v) is 10.8. The number of ether oxygens (including phenoxy) is 2. The highest BCUT2D eigenvalue weighted by Gasteiger charge is 2.16. The second-order valence-electron chi connectivity index (χ2n) is 7.59. The Bertz CT molecular complexity index is 1110. The van der Waals surface area contributed by atoms with E-state index in [4.69, 9.17) is 21.1 Å².